The standard InChI is InChI=1S/C15H15FO2/c1-11(17)14-4-2-3-5-15(14)18-10-12-6-8-13(16)9-7-12/h2-9,11,17H,10H2,1H3/t11-/m1/s1. The lowest BCUT2D eigenvalue weighted by atomic mass is 10.1. The van der Waals surface area contributed by atoms with Gasteiger partial charge < -0.3 is 9.84 Å². The van der Waals surface area contributed by atoms with Crippen LogP contribution in [0.4, 0.5) is 4.39 Å². The maximum absolute atomic E-state index is 12.7. The fraction of sp³-hybridized carbons (Fsp3) is 0.200. The van der Waals surface area contributed by atoms with Gasteiger partial charge in [-0.15, -0.1) is 0 Å². The Balaban J connectivity index is 2.08. The molecule has 0 aliphatic carbocycles. The predicted molar refractivity (Wildman–Crippen MR) is 67.8 cm³/mol. The number of aliphatic hydroxyl groups is 1. The maximum Gasteiger partial charge on any atom is 0.125 e. The highest BCUT2D eigenvalue weighted by Gasteiger charge is 2.08. The Morgan fingerprint density at radius 1 is 1.11 bits per heavy atom. The molecular weight excluding hydrogens is 231 g/mol. The van der Waals surface area contributed by atoms with Crippen molar-refractivity contribution in [2.45, 2.75) is 19.6 Å². The second-order valence-electron chi connectivity index (χ2n) is 4.13. The molecule has 0 radical (unpaired) electrons. The first-order valence-electron chi connectivity index (χ1n) is 5.81. The molecule has 0 heterocycles. The van der Waals surface area contributed by atoms with Crippen LogP contribution in [0.2, 0.25) is 0 Å². The molecule has 0 amide bonds. The summed E-state index contributed by atoms with van der Waals surface area (Å²) in [5, 5.41) is 9.61. The van der Waals surface area contributed by atoms with Crippen molar-refractivity contribution in [3.8, 4) is 5.75 Å². The van der Waals surface area contributed by atoms with Crippen molar-refractivity contribution in [2.75, 3.05) is 0 Å². The number of halogens is 1. The van der Waals surface area contributed by atoms with Crippen molar-refractivity contribution in [2.24, 2.45) is 0 Å². The average molecular weight is 246 g/mol. The van der Waals surface area contributed by atoms with Crippen LogP contribution in [0.3, 0.4) is 0 Å². The van der Waals surface area contributed by atoms with Gasteiger partial charge in [-0.05, 0) is 30.7 Å². The zero-order valence-corrected chi connectivity index (χ0v) is 10.1. The number of hydrogen-bond donors (Lipinski definition) is 1. The van der Waals surface area contributed by atoms with E-state index in [0.29, 0.717) is 12.4 Å². The third kappa shape index (κ3) is 3.08. The SMILES string of the molecule is C[C@@H](O)c1ccccc1OCc1ccc(F)cc1. The van der Waals surface area contributed by atoms with E-state index in [9.17, 15) is 9.50 Å². The maximum atomic E-state index is 12.7. The minimum atomic E-state index is -0.575. The van der Waals surface area contributed by atoms with E-state index in [1.54, 1.807) is 19.1 Å². The van der Waals surface area contributed by atoms with Gasteiger partial charge >= 0.3 is 0 Å². The van der Waals surface area contributed by atoms with E-state index in [2.05, 4.69) is 0 Å². The van der Waals surface area contributed by atoms with Crippen molar-refractivity contribution >= 4 is 0 Å². The molecular formula is C15H15FO2. The fourth-order valence-corrected chi connectivity index (χ4v) is 1.70. The Morgan fingerprint density at radius 2 is 1.78 bits per heavy atom. The number of aliphatic hydroxyl groups excluding tert-OH is 1. The zero-order valence-electron chi connectivity index (χ0n) is 10.1. The van der Waals surface area contributed by atoms with E-state index in [4.69, 9.17) is 4.74 Å². The summed E-state index contributed by atoms with van der Waals surface area (Å²) >= 11 is 0. The summed E-state index contributed by atoms with van der Waals surface area (Å²) in [5.74, 6) is 0.389. The number of rotatable bonds is 4. The smallest absolute Gasteiger partial charge is 0.125 e. The van der Waals surface area contributed by atoms with Crippen LogP contribution in [-0.4, -0.2) is 5.11 Å². The average Bonchev–Trinajstić information content (AvgIpc) is 2.38. The van der Waals surface area contributed by atoms with E-state index in [1.807, 2.05) is 24.3 Å². The van der Waals surface area contributed by atoms with Crippen molar-refractivity contribution in [1.82, 2.24) is 0 Å². The van der Waals surface area contributed by atoms with Gasteiger partial charge in [-0.1, -0.05) is 30.3 Å². The third-order valence-corrected chi connectivity index (χ3v) is 2.68. The topological polar surface area (TPSA) is 29.5 Å². The van der Waals surface area contributed by atoms with Gasteiger partial charge in [0.2, 0.25) is 0 Å². The summed E-state index contributed by atoms with van der Waals surface area (Å²) in [6, 6.07) is 13.5. The second-order valence-corrected chi connectivity index (χ2v) is 4.13. The first-order valence-corrected chi connectivity index (χ1v) is 5.81. The summed E-state index contributed by atoms with van der Waals surface area (Å²) in [7, 11) is 0. The highest BCUT2D eigenvalue weighted by molar-refractivity contribution is 5.35. The second kappa shape index (κ2) is 5.65. The molecule has 0 unspecified atom stereocenters. The minimum Gasteiger partial charge on any atom is -0.489 e. The molecule has 2 aromatic carbocycles. The summed E-state index contributed by atoms with van der Waals surface area (Å²) in [6.07, 6.45) is -0.575. The van der Waals surface area contributed by atoms with Crippen molar-refractivity contribution in [3.63, 3.8) is 0 Å². The van der Waals surface area contributed by atoms with Crippen molar-refractivity contribution in [1.29, 1.82) is 0 Å². The molecule has 0 saturated carbocycles. The van der Waals surface area contributed by atoms with Crippen LogP contribution in [0.25, 0.3) is 0 Å². The normalized spacial score (nSPS) is 12.2. The molecule has 18 heavy (non-hydrogen) atoms. The van der Waals surface area contributed by atoms with Crippen LogP contribution in [0.1, 0.15) is 24.2 Å². The Morgan fingerprint density at radius 3 is 2.44 bits per heavy atom. The van der Waals surface area contributed by atoms with E-state index in [-0.39, 0.29) is 5.82 Å². The lowest BCUT2D eigenvalue weighted by molar-refractivity contribution is 0.190. The Bertz CT molecular complexity index is 506. The van der Waals surface area contributed by atoms with E-state index < -0.39 is 6.10 Å². The molecule has 0 fully saturated rings. The lowest BCUT2D eigenvalue weighted by Crippen LogP contribution is -2.00. The molecule has 2 rings (SSSR count). The van der Waals surface area contributed by atoms with Gasteiger partial charge in [0.05, 0.1) is 6.10 Å². The van der Waals surface area contributed by atoms with Gasteiger partial charge in [0.1, 0.15) is 18.2 Å². The van der Waals surface area contributed by atoms with Crippen LogP contribution in [0.15, 0.2) is 48.5 Å². The molecule has 0 aromatic heterocycles. The van der Waals surface area contributed by atoms with Crippen LogP contribution in [0.5, 0.6) is 5.75 Å². The third-order valence-electron chi connectivity index (χ3n) is 2.68. The molecule has 1 N–H and O–H groups in total. The van der Waals surface area contributed by atoms with Crippen LogP contribution in [-0.2, 0) is 6.61 Å². The largest absolute Gasteiger partial charge is 0.489 e. The monoisotopic (exact) mass is 246 g/mol. The minimum absolute atomic E-state index is 0.261. The quantitative estimate of drug-likeness (QED) is 0.895. The lowest BCUT2D eigenvalue weighted by Gasteiger charge is -2.13. The number of benzene rings is 2. The van der Waals surface area contributed by atoms with Crippen LogP contribution < -0.4 is 4.74 Å². The zero-order chi connectivity index (χ0) is 13.0. The Hall–Kier alpha value is -1.87. The number of hydrogen-bond acceptors (Lipinski definition) is 2. The summed E-state index contributed by atoms with van der Waals surface area (Å²) < 4.78 is 18.4. The summed E-state index contributed by atoms with van der Waals surface area (Å²) in [5.41, 5.74) is 1.64. The van der Waals surface area contributed by atoms with E-state index in [0.717, 1.165) is 11.1 Å². The molecule has 3 heteroatoms. The summed E-state index contributed by atoms with van der Waals surface area (Å²) in [6.45, 7) is 2.05. The predicted octanol–water partition coefficient (Wildman–Crippen LogP) is 3.46. The molecule has 0 aliphatic rings. The fourth-order valence-electron chi connectivity index (χ4n) is 1.70. The van der Waals surface area contributed by atoms with Crippen LogP contribution >= 0.6 is 0 Å². The first kappa shape index (κ1) is 12.6. The van der Waals surface area contributed by atoms with E-state index >= 15 is 0 Å². The highest BCUT2D eigenvalue weighted by atomic mass is 19.1. The van der Waals surface area contributed by atoms with Crippen molar-refractivity contribution in [3.05, 3.63) is 65.5 Å². The van der Waals surface area contributed by atoms with Crippen molar-refractivity contribution < 1.29 is 14.2 Å². The molecule has 2 aromatic rings. The van der Waals surface area contributed by atoms with Crippen LogP contribution in [0, 0.1) is 5.82 Å². The highest BCUT2D eigenvalue weighted by Crippen LogP contribution is 2.25. The first-order chi connectivity index (χ1) is 8.66. The molecule has 0 aliphatic heterocycles. The number of para-hydroxylation sites is 1. The Labute approximate surface area is 106 Å². The molecule has 94 valence electrons. The Kier molecular flexibility index (Phi) is 3.95. The number of ether oxygens (including phenoxy) is 1. The van der Waals surface area contributed by atoms with Gasteiger partial charge in [-0.3, -0.25) is 0 Å². The molecule has 2 nitrogen and oxygen atoms in total. The molecule has 0 bridgehead atoms. The van der Waals surface area contributed by atoms with Gasteiger partial charge in [0.25, 0.3) is 0 Å². The summed E-state index contributed by atoms with van der Waals surface area (Å²) in [4.78, 5) is 0. The van der Waals surface area contributed by atoms with E-state index in [1.165, 1.54) is 12.1 Å². The molecule has 0 saturated heterocycles. The van der Waals surface area contributed by atoms with Gasteiger partial charge in [0, 0.05) is 5.56 Å². The van der Waals surface area contributed by atoms with Gasteiger partial charge in [-0.2, -0.15) is 0 Å². The molecule has 1 atom stereocenters. The molecule has 0 spiro atoms. The van der Waals surface area contributed by atoms with Gasteiger partial charge in [-0.25, -0.2) is 4.39 Å². The van der Waals surface area contributed by atoms with Gasteiger partial charge in [0.15, 0.2) is 0 Å².